The number of hydrogen-bond donors (Lipinski definition) is 2. The van der Waals surface area contributed by atoms with Crippen molar-refractivity contribution in [3.63, 3.8) is 0 Å². The van der Waals surface area contributed by atoms with E-state index in [0.717, 1.165) is 11.3 Å². The van der Waals surface area contributed by atoms with Gasteiger partial charge in [-0.05, 0) is 49.7 Å². The molecule has 0 aliphatic carbocycles. The first-order valence-electron chi connectivity index (χ1n) is 8.93. The Labute approximate surface area is 160 Å². The lowest BCUT2D eigenvalue weighted by Crippen LogP contribution is -2.28. The zero-order valence-corrected chi connectivity index (χ0v) is 16.3. The largest absolute Gasteiger partial charge is 0.491 e. The molecule has 0 unspecified atom stereocenters. The van der Waals surface area contributed by atoms with Gasteiger partial charge in [0.05, 0.1) is 12.6 Å². The molecule has 6 heteroatoms. The van der Waals surface area contributed by atoms with Gasteiger partial charge in [0.25, 0.3) is 5.91 Å². The van der Waals surface area contributed by atoms with Crippen LogP contribution >= 0.6 is 0 Å². The van der Waals surface area contributed by atoms with E-state index in [2.05, 4.69) is 10.6 Å². The summed E-state index contributed by atoms with van der Waals surface area (Å²) in [7, 11) is 3.39. The first-order chi connectivity index (χ1) is 12.8. The topological polar surface area (TPSA) is 70.7 Å². The Kier molecular flexibility index (Phi) is 7.37. The van der Waals surface area contributed by atoms with Crippen LogP contribution < -0.4 is 15.4 Å². The molecule has 0 fully saturated rings. The van der Waals surface area contributed by atoms with Crippen molar-refractivity contribution in [1.29, 1.82) is 0 Å². The van der Waals surface area contributed by atoms with Crippen LogP contribution in [0.25, 0.3) is 0 Å². The summed E-state index contributed by atoms with van der Waals surface area (Å²) in [5.74, 6) is 0.567. The number of carbonyl (C=O) groups excluding carboxylic acids is 2. The molecule has 0 aromatic heterocycles. The molecule has 0 radical (unpaired) electrons. The predicted molar refractivity (Wildman–Crippen MR) is 107 cm³/mol. The molecule has 144 valence electrons. The molecule has 27 heavy (non-hydrogen) atoms. The zero-order valence-electron chi connectivity index (χ0n) is 16.3. The molecular formula is C21H27N3O3. The summed E-state index contributed by atoms with van der Waals surface area (Å²) in [6, 6.07) is 14.7. The molecule has 2 aromatic carbocycles. The molecule has 2 N–H and O–H groups in total. The highest BCUT2D eigenvalue weighted by atomic mass is 16.5. The number of nitrogens with zero attached hydrogens (tertiary/aromatic N) is 1. The number of anilines is 1. The van der Waals surface area contributed by atoms with E-state index >= 15 is 0 Å². The lowest BCUT2D eigenvalue weighted by Gasteiger charge is -2.12. The monoisotopic (exact) mass is 369 g/mol. The first-order valence-corrected chi connectivity index (χ1v) is 8.93. The summed E-state index contributed by atoms with van der Waals surface area (Å²) in [4.78, 5) is 25.6. The van der Waals surface area contributed by atoms with Crippen LogP contribution in [-0.4, -0.2) is 43.5 Å². The number of hydrogen-bond acceptors (Lipinski definition) is 4. The summed E-state index contributed by atoms with van der Waals surface area (Å²) >= 11 is 0. The van der Waals surface area contributed by atoms with E-state index in [0.29, 0.717) is 17.8 Å². The van der Waals surface area contributed by atoms with Gasteiger partial charge in [0, 0.05) is 31.9 Å². The van der Waals surface area contributed by atoms with Crippen LogP contribution in [0.3, 0.4) is 0 Å². The van der Waals surface area contributed by atoms with E-state index < -0.39 is 0 Å². The Balaban J connectivity index is 1.81. The summed E-state index contributed by atoms with van der Waals surface area (Å²) in [5, 5.41) is 5.91. The third-order valence-electron chi connectivity index (χ3n) is 3.71. The van der Waals surface area contributed by atoms with E-state index in [1.54, 1.807) is 38.4 Å². The van der Waals surface area contributed by atoms with Crippen molar-refractivity contribution in [1.82, 2.24) is 10.2 Å². The molecular weight excluding hydrogens is 342 g/mol. The van der Waals surface area contributed by atoms with E-state index in [9.17, 15) is 9.59 Å². The third-order valence-corrected chi connectivity index (χ3v) is 3.71. The summed E-state index contributed by atoms with van der Waals surface area (Å²) < 4.78 is 5.61. The molecule has 0 saturated heterocycles. The van der Waals surface area contributed by atoms with Crippen molar-refractivity contribution in [3.05, 3.63) is 59.7 Å². The van der Waals surface area contributed by atoms with E-state index in [4.69, 9.17) is 4.74 Å². The maximum atomic E-state index is 12.1. The molecule has 0 aliphatic heterocycles. The van der Waals surface area contributed by atoms with Crippen molar-refractivity contribution in [2.24, 2.45) is 0 Å². The smallest absolute Gasteiger partial charge is 0.253 e. The van der Waals surface area contributed by atoms with Crippen molar-refractivity contribution in [2.45, 2.75) is 26.5 Å². The number of carbonyl (C=O) groups is 2. The maximum Gasteiger partial charge on any atom is 0.253 e. The molecule has 2 amide bonds. The summed E-state index contributed by atoms with van der Waals surface area (Å²) in [6.45, 7) is 4.73. The van der Waals surface area contributed by atoms with Crippen molar-refractivity contribution in [3.8, 4) is 5.75 Å². The van der Waals surface area contributed by atoms with E-state index in [1.165, 1.54) is 4.90 Å². The Bertz CT molecular complexity index is 770. The molecule has 6 nitrogen and oxygen atoms in total. The lowest BCUT2D eigenvalue weighted by atomic mass is 10.2. The fourth-order valence-corrected chi connectivity index (χ4v) is 2.47. The number of nitrogens with one attached hydrogen (secondary N) is 2. The van der Waals surface area contributed by atoms with Gasteiger partial charge in [-0.3, -0.25) is 9.59 Å². The van der Waals surface area contributed by atoms with Gasteiger partial charge in [-0.25, -0.2) is 0 Å². The van der Waals surface area contributed by atoms with Crippen LogP contribution in [0.2, 0.25) is 0 Å². The number of rotatable bonds is 8. The fraction of sp³-hybridized carbons (Fsp3) is 0.333. The highest BCUT2D eigenvalue weighted by Gasteiger charge is 2.09. The van der Waals surface area contributed by atoms with Gasteiger partial charge in [0.15, 0.2) is 0 Å². The normalized spacial score (nSPS) is 10.6. The predicted octanol–water partition coefficient (Wildman–Crippen LogP) is 2.90. The second kappa shape index (κ2) is 9.73. The minimum atomic E-state index is -0.163. The standard InChI is InChI=1S/C21H27N3O3/c1-15(2)27-19-10-8-16(9-11-19)13-22-14-20(25)23-18-7-5-6-17(12-18)21(26)24(3)4/h5-12,15,22H,13-14H2,1-4H3,(H,23,25). The van der Waals surface area contributed by atoms with Gasteiger partial charge in [-0.15, -0.1) is 0 Å². The van der Waals surface area contributed by atoms with Gasteiger partial charge in [0.2, 0.25) is 5.91 Å². The van der Waals surface area contributed by atoms with E-state index in [1.807, 2.05) is 38.1 Å². The van der Waals surface area contributed by atoms with Crippen LogP contribution in [0.1, 0.15) is 29.8 Å². The molecule has 2 rings (SSSR count). The molecule has 2 aromatic rings. The van der Waals surface area contributed by atoms with Gasteiger partial charge in [-0.1, -0.05) is 18.2 Å². The summed E-state index contributed by atoms with van der Waals surface area (Å²) in [6.07, 6.45) is 0.143. The molecule has 0 bridgehead atoms. The average molecular weight is 369 g/mol. The SMILES string of the molecule is CC(C)Oc1ccc(CNCC(=O)Nc2cccc(C(=O)N(C)C)c2)cc1. The van der Waals surface area contributed by atoms with Crippen molar-refractivity contribution < 1.29 is 14.3 Å². The Morgan fingerprint density at radius 2 is 1.78 bits per heavy atom. The van der Waals surface area contributed by atoms with Gasteiger partial charge < -0.3 is 20.3 Å². The highest BCUT2D eigenvalue weighted by Crippen LogP contribution is 2.14. The second-order valence-corrected chi connectivity index (χ2v) is 6.74. The molecule has 0 atom stereocenters. The quantitative estimate of drug-likeness (QED) is 0.751. The zero-order chi connectivity index (χ0) is 19.8. The molecule has 0 saturated carbocycles. The van der Waals surface area contributed by atoms with Crippen molar-refractivity contribution >= 4 is 17.5 Å². The maximum absolute atomic E-state index is 12.1. The van der Waals surface area contributed by atoms with Gasteiger partial charge in [-0.2, -0.15) is 0 Å². The Hall–Kier alpha value is -2.86. The van der Waals surface area contributed by atoms with Crippen LogP contribution in [0, 0.1) is 0 Å². The van der Waals surface area contributed by atoms with Crippen LogP contribution in [0.4, 0.5) is 5.69 Å². The third kappa shape index (κ3) is 6.75. The lowest BCUT2D eigenvalue weighted by molar-refractivity contribution is -0.115. The minimum absolute atomic E-state index is 0.103. The average Bonchev–Trinajstić information content (AvgIpc) is 2.62. The fourth-order valence-electron chi connectivity index (χ4n) is 2.47. The Morgan fingerprint density at radius 1 is 1.07 bits per heavy atom. The molecule has 0 spiro atoms. The highest BCUT2D eigenvalue weighted by molar-refractivity contribution is 5.97. The van der Waals surface area contributed by atoms with Crippen LogP contribution in [0.5, 0.6) is 5.75 Å². The number of benzene rings is 2. The Morgan fingerprint density at radius 3 is 2.41 bits per heavy atom. The molecule has 0 aliphatic rings. The first kappa shape index (κ1) is 20.5. The number of amides is 2. The van der Waals surface area contributed by atoms with Crippen LogP contribution in [0.15, 0.2) is 48.5 Å². The summed E-state index contributed by atoms with van der Waals surface area (Å²) in [5.41, 5.74) is 2.21. The number of ether oxygens (including phenoxy) is 1. The molecule has 0 heterocycles. The van der Waals surface area contributed by atoms with Crippen LogP contribution in [-0.2, 0) is 11.3 Å². The minimum Gasteiger partial charge on any atom is -0.491 e. The van der Waals surface area contributed by atoms with Gasteiger partial charge >= 0.3 is 0 Å². The van der Waals surface area contributed by atoms with Gasteiger partial charge in [0.1, 0.15) is 5.75 Å². The second-order valence-electron chi connectivity index (χ2n) is 6.74. The van der Waals surface area contributed by atoms with Crippen molar-refractivity contribution in [2.75, 3.05) is 26.0 Å². The van der Waals surface area contributed by atoms with E-state index in [-0.39, 0.29) is 24.5 Å².